The summed E-state index contributed by atoms with van der Waals surface area (Å²) in [5, 5.41) is 8.79. The molecule has 1 aliphatic heterocycles. The van der Waals surface area contributed by atoms with Crippen molar-refractivity contribution in [3.8, 4) is 17.2 Å². The molecule has 0 saturated heterocycles. The van der Waals surface area contributed by atoms with E-state index < -0.39 is 24.6 Å². The third kappa shape index (κ3) is 5.88. The van der Waals surface area contributed by atoms with Crippen LogP contribution < -0.4 is 29.1 Å². The number of carboxylic acid groups (broad SMARTS) is 1. The second-order valence-electron chi connectivity index (χ2n) is 8.40. The Hall–Kier alpha value is -4.38. The summed E-state index contributed by atoms with van der Waals surface area (Å²) in [4.78, 5) is 42.6. The van der Waals surface area contributed by atoms with Crippen LogP contribution in [0, 0.1) is 0 Å². The van der Waals surface area contributed by atoms with Crippen molar-refractivity contribution in [1.82, 2.24) is 4.57 Å². The molecular formula is C28H28N2O8S. The molecule has 39 heavy (non-hydrogen) atoms. The van der Waals surface area contributed by atoms with Gasteiger partial charge in [0.15, 0.2) is 22.9 Å². The number of thiazole rings is 1. The largest absolute Gasteiger partial charge is 0.493 e. The average Bonchev–Trinajstić information content (AvgIpc) is 3.21. The molecule has 0 aliphatic carbocycles. The van der Waals surface area contributed by atoms with E-state index in [2.05, 4.69) is 4.99 Å². The van der Waals surface area contributed by atoms with E-state index in [0.29, 0.717) is 50.0 Å². The van der Waals surface area contributed by atoms with E-state index in [-0.39, 0.29) is 17.7 Å². The van der Waals surface area contributed by atoms with Gasteiger partial charge in [0, 0.05) is 0 Å². The van der Waals surface area contributed by atoms with E-state index in [0.717, 1.165) is 0 Å². The molecule has 0 amide bonds. The minimum Gasteiger partial charge on any atom is -0.493 e. The van der Waals surface area contributed by atoms with Crippen molar-refractivity contribution in [2.75, 3.05) is 26.9 Å². The molecule has 3 aromatic rings. The van der Waals surface area contributed by atoms with Crippen LogP contribution in [0.15, 0.2) is 63.5 Å². The lowest BCUT2D eigenvalue weighted by molar-refractivity contribution is -0.140. The molecular weight excluding hydrogens is 524 g/mol. The van der Waals surface area contributed by atoms with Crippen molar-refractivity contribution >= 4 is 29.4 Å². The lowest BCUT2D eigenvalue weighted by Crippen LogP contribution is -2.40. The van der Waals surface area contributed by atoms with Crippen LogP contribution in [0.5, 0.6) is 17.2 Å². The van der Waals surface area contributed by atoms with E-state index in [9.17, 15) is 14.4 Å². The average molecular weight is 553 g/mol. The van der Waals surface area contributed by atoms with Crippen LogP contribution in [0.2, 0.25) is 0 Å². The molecule has 0 bridgehead atoms. The Morgan fingerprint density at radius 1 is 1.08 bits per heavy atom. The first-order valence-corrected chi connectivity index (χ1v) is 13.0. The zero-order chi connectivity index (χ0) is 28.1. The van der Waals surface area contributed by atoms with Crippen LogP contribution in [-0.4, -0.2) is 48.5 Å². The van der Waals surface area contributed by atoms with Gasteiger partial charge in [-0.05, 0) is 62.2 Å². The van der Waals surface area contributed by atoms with Gasteiger partial charge in [0.1, 0.15) is 5.75 Å². The number of hydrogen-bond donors (Lipinski definition) is 1. The van der Waals surface area contributed by atoms with Gasteiger partial charge in [0.25, 0.3) is 5.56 Å². The maximum absolute atomic E-state index is 13.8. The summed E-state index contributed by atoms with van der Waals surface area (Å²) < 4.78 is 23.6. The summed E-state index contributed by atoms with van der Waals surface area (Å²) in [6.45, 7) is 5.42. The van der Waals surface area contributed by atoms with Crippen molar-refractivity contribution < 1.29 is 33.6 Å². The van der Waals surface area contributed by atoms with Gasteiger partial charge in [-0.2, -0.15) is 0 Å². The number of carbonyl (C=O) groups is 2. The number of nitrogens with zero attached hydrogens (tertiary/aromatic N) is 2. The van der Waals surface area contributed by atoms with Gasteiger partial charge < -0.3 is 24.1 Å². The maximum Gasteiger partial charge on any atom is 0.341 e. The number of ether oxygens (including phenoxy) is 4. The zero-order valence-corrected chi connectivity index (χ0v) is 22.7. The second kappa shape index (κ2) is 12.0. The van der Waals surface area contributed by atoms with Crippen molar-refractivity contribution in [1.29, 1.82) is 0 Å². The summed E-state index contributed by atoms with van der Waals surface area (Å²) >= 11 is 1.20. The highest BCUT2D eigenvalue weighted by atomic mass is 32.1. The fourth-order valence-electron chi connectivity index (χ4n) is 4.20. The molecule has 1 atom stereocenters. The number of aliphatic carboxylic acids is 1. The highest BCUT2D eigenvalue weighted by Gasteiger charge is 2.34. The Balaban J connectivity index is 1.85. The fourth-order valence-corrected chi connectivity index (χ4v) is 5.24. The van der Waals surface area contributed by atoms with Gasteiger partial charge in [-0.3, -0.25) is 9.36 Å². The molecule has 2 heterocycles. The van der Waals surface area contributed by atoms with Crippen LogP contribution in [0.3, 0.4) is 0 Å². The van der Waals surface area contributed by atoms with Gasteiger partial charge in [-0.15, -0.1) is 0 Å². The van der Waals surface area contributed by atoms with E-state index in [1.54, 1.807) is 69.5 Å². The second-order valence-corrected chi connectivity index (χ2v) is 9.41. The molecule has 1 unspecified atom stereocenters. The molecule has 2 aromatic carbocycles. The number of esters is 1. The normalized spacial score (nSPS) is 14.9. The summed E-state index contributed by atoms with van der Waals surface area (Å²) in [6.07, 6.45) is 1.71. The van der Waals surface area contributed by atoms with Gasteiger partial charge in [-0.1, -0.05) is 29.5 Å². The van der Waals surface area contributed by atoms with Gasteiger partial charge in [0.2, 0.25) is 0 Å². The number of methoxy groups -OCH3 is 1. The van der Waals surface area contributed by atoms with E-state index in [1.165, 1.54) is 15.9 Å². The standard InChI is InChI=1S/C28H28N2O8S/c1-5-36-21-14-18(9-12-20(21)35-4)25-24(27(34)37-6-2)16(3)29-28-30(25)26(33)22(39-28)13-17-7-10-19(11-8-17)38-15-23(31)32/h7-14,25H,5-6,15H2,1-4H3,(H,31,32)/b22-13-. The third-order valence-electron chi connectivity index (χ3n) is 5.86. The number of rotatable bonds is 10. The van der Waals surface area contributed by atoms with Crippen molar-refractivity contribution in [3.05, 3.63) is 84.5 Å². The Labute approximate surface area is 228 Å². The van der Waals surface area contributed by atoms with E-state index in [4.69, 9.17) is 24.1 Å². The van der Waals surface area contributed by atoms with Crippen LogP contribution in [0.1, 0.15) is 37.9 Å². The Kier molecular flexibility index (Phi) is 8.50. The lowest BCUT2D eigenvalue weighted by Gasteiger charge is -2.25. The Bertz CT molecular complexity index is 1600. The molecule has 1 aliphatic rings. The summed E-state index contributed by atoms with van der Waals surface area (Å²) in [5.41, 5.74) is 1.76. The van der Waals surface area contributed by atoms with E-state index in [1.807, 2.05) is 6.92 Å². The molecule has 0 saturated carbocycles. The zero-order valence-electron chi connectivity index (χ0n) is 21.9. The number of carboxylic acids is 1. The molecule has 204 valence electrons. The molecule has 1 N–H and O–H groups in total. The Morgan fingerprint density at radius 3 is 2.46 bits per heavy atom. The molecule has 0 fully saturated rings. The molecule has 4 rings (SSSR count). The number of fused-ring (bicyclic) bond motifs is 1. The maximum atomic E-state index is 13.8. The topological polar surface area (TPSA) is 126 Å². The summed E-state index contributed by atoms with van der Waals surface area (Å²) in [7, 11) is 1.54. The first kappa shape index (κ1) is 27.6. The quantitative estimate of drug-likeness (QED) is 0.381. The first-order chi connectivity index (χ1) is 18.8. The highest BCUT2D eigenvalue weighted by molar-refractivity contribution is 7.07. The number of carbonyl (C=O) groups excluding carboxylic acids is 1. The van der Waals surface area contributed by atoms with E-state index >= 15 is 0 Å². The fraction of sp³-hybridized carbons (Fsp3) is 0.286. The predicted octanol–water partition coefficient (Wildman–Crippen LogP) is 2.67. The number of aromatic nitrogens is 1. The first-order valence-electron chi connectivity index (χ1n) is 12.2. The van der Waals surface area contributed by atoms with Crippen LogP contribution in [0.25, 0.3) is 6.08 Å². The van der Waals surface area contributed by atoms with Gasteiger partial charge in [-0.25, -0.2) is 14.6 Å². The molecule has 10 nitrogen and oxygen atoms in total. The van der Waals surface area contributed by atoms with Crippen molar-refractivity contribution in [2.24, 2.45) is 4.99 Å². The van der Waals surface area contributed by atoms with Crippen molar-refractivity contribution in [2.45, 2.75) is 26.8 Å². The van der Waals surface area contributed by atoms with Gasteiger partial charge in [0.05, 0.1) is 42.2 Å². The number of benzene rings is 2. The van der Waals surface area contributed by atoms with Crippen molar-refractivity contribution in [3.63, 3.8) is 0 Å². The summed E-state index contributed by atoms with van der Waals surface area (Å²) in [6, 6.07) is 11.2. The SMILES string of the molecule is CCOC(=O)C1=C(C)N=c2s/c(=C\c3ccc(OCC(=O)O)cc3)c(=O)n2C1c1ccc(OC)c(OCC)c1. The number of allylic oxidation sites excluding steroid dienone is 1. The minimum atomic E-state index is -1.07. The summed E-state index contributed by atoms with van der Waals surface area (Å²) in [5.74, 6) is -0.207. The minimum absolute atomic E-state index is 0.172. The Morgan fingerprint density at radius 2 is 1.82 bits per heavy atom. The highest BCUT2D eigenvalue weighted by Crippen LogP contribution is 2.36. The molecule has 0 spiro atoms. The molecule has 11 heteroatoms. The predicted molar refractivity (Wildman–Crippen MR) is 144 cm³/mol. The third-order valence-corrected chi connectivity index (χ3v) is 6.84. The number of hydrogen-bond acceptors (Lipinski definition) is 9. The molecule has 1 aromatic heterocycles. The lowest BCUT2D eigenvalue weighted by atomic mass is 9.95. The van der Waals surface area contributed by atoms with Crippen LogP contribution >= 0.6 is 11.3 Å². The van der Waals surface area contributed by atoms with Crippen LogP contribution in [-0.2, 0) is 14.3 Å². The molecule has 0 radical (unpaired) electrons. The van der Waals surface area contributed by atoms with Crippen LogP contribution in [0.4, 0.5) is 0 Å². The monoisotopic (exact) mass is 552 g/mol. The van der Waals surface area contributed by atoms with Gasteiger partial charge >= 0.3 is 11.9 Å². The smallest absolute Gasteiger partial charge is 0.341 e.